The molecule has 16 heavy (non-hydrogen) atoms. The van der Waals surface area contributed by atoms with Crippen molar-refractivity contribution in [2.75, 3.05) is 13.2 Å². The van der Waals surface area contributed by atoms with Crippen molar-refractivity contribution in [2.45, 2.75) is 25.2 Å². The summed E-state index contributed by atoms with van der Waals surface area (Å²) in [6, 6.07) is 8.56. The van der Waals surface area contributed by atoms with E-state index < -0.39 is 0 Å². The van der Waals surface area contributed by atoms with E-state index in [0.29, 0.717) is 6.42 Å². The largest absolute Gasteiger partial charge is 0.379 e. The average Bonchev–Trinajstić information content (AvgIpc) is 2.21. The van der Waals surface area contributed by atoms with Gasteiger partial charge in [0, 0.05) is 16.3 Å². The highest BCUT2D eigenvalue weighted by Gasteiger charge is 2.40. The SMILES string of the molecule is Cc1ccc(Br)cc1C1(CCC#N)COC1. The second-order valence-corrected chi connectivity index (χ2v) is 5.31. The third-order valence-electron chi connectivity index (χ3n) is 3.24. The molecule has 1 aromatic carbocycles. The summed E-state index contributed by atoms with van der Waals surface area (Å²) in [7, 11) is 0. The van der Waals surface area contributed by atoms with Crippen molar-refractivity contribution in [3.8, 4) is 6.07 Å². The number of halogens is 1. The van der Waals surface area contributed by atoms with Crippen LogP contribution in [0, 0.1) is 18.3 Å². The van der Waals surface area contributed by atoms with Crippen molar-refractivity contribution in [2.24, 2.45) is 0 Å². The van der Waals surface area contributed by atoms with E-state index in [1.165, 1.54) is 11.1 Å². The van der Waals surface area contributed by atoms with Crippen LogP contribution in [-0.2, 0) is 10.2 Å². The van der Waals surface area contributed by atoms with E-state index in [0.717, 1.165) is 24.1 Å². The molecule has 0 aliphatic carbocycles. The summed E-state index contributed by atoms with van der Waals surface area (Å²) in [5.74, 6) is 0. The summed E-state index contributed by atoms with van der Waals surface area (Å²) in [5.41, 5.74) is 2.68. The van der Waals surface area contributed by atoms with Gasteiger partial charge in [0.15, 0.2) is 0 Å². The molecule has 1 aliphatic rings. The quantitative estimate of drug-likeness (QED) is 0.850. The van der Waals surface area contributed by atoms with Gasteiger partial charge in [-0.25, -0.2) is 0 Å². The Balaban J connectivity index is 2.33. The first kappa shape index (κ1) is 11.6. The molecule has 0 amide bonds. The third kappa shape index (κ3) is 2.00. The van der Waals surface area contributed by atoms with Crippen LogP contribution in [0.25, 0.3) is 0 Å². The number of hydrogen-bond acceptors (Lipinski definition) is 2. The molecular weight excluding hydrogens is 266 g/mol. The normalized spacial score (nSPS) is 17.6. The number of aryl methyl sites for hydroxylation is 1. The molecule has 1 fully saturated rings. The molecular formula is C13H14BrNO. The lowest BCUT2D eigenvalue weighted by molar-refractivity contribution is -0.0640. The highest BCUT2D eigenvalue weighted by Crippen LogP contribution is 2.39. The average molecular weight is 280 g/mol. The van der Waals surface area contributed by atoms with Crippen LogP contribution in [0.2, 0.25) is 0 Å². The highest BCUT2D eigenvalue weighted by molar-refractivity contribution is 9.10. The van der Waals surface area contributed by atoms with Crippen molar-refractivity contribution in [3.63, 3.8) is 0 Å². The van der Waals surface area contributed by atoms with Crippen molar-refractivity contribution in [1.29, 1.82) is 5.26 Å². The summed E-state index contributed by atoms with van der Waals surface area (Å²) in [6.45, 7) is 3.60. The Morgan fingerprint density at radius 3 is 2.81 bits per heavy atom. The fourth-order valence-electron chi connectivity index (χ4n) is 2.24. The lowest BCUT2D eigenvalue weighted by Crippen LogP contribution is -2.47. The fourth-order valence-corrected chi connectivity index (χ4v) is 2.60. The number of ether oxygens (including phenoxy) is 1. The number of hydrogen-bond donors (Lipinski definition) is 0. The Morgan fingerprint density at radius 1 is 1.50 bits per heavy atom. The zero-order valence-corrected chi connectivity index (χ0v) is 10.9. The summed E-state index contributed by atoms with van der Waals surface area (Å²) in [6.07, 6.45) is 1.48. The first-order chi connectivity index (χ1) is 7.68. The first-order valence-electron chi connectivity index (χ1n) is 5.39. The van der Waals surface area contributed by atoms with E-state index in [1.54, 1.807) is 0 Å². The zero-order chi connectivity index (χ0) is 11.6. The first-order valence-corrected chi connectivity index (χ1v) is 6.19. The van der Waals surface area contributed by atoms with Gasteiger partial charge in [0.25, 0.3) is 0 Å². The van der Waals surface area contributed by atoms with E-state index in [4.69, 9.17) is 10.00 Å². The Morgan fingerprint density at radius 2 is 2.25 bits per heavy atom. The van der Waals surface area contributed by atoms with Gasteiger partial charge in [-0.2, -0.15) is 5.26 Å². The van der Waals surface area contributed by atoms with E-state index in [-0.39, 0.29) is 5.41 Å². The number of benzene rings is 1. The topological polar surface area (TPSA) is 33.0 Å². The van der Waals surface area contributed by atoms with Gasteiger partial charge in [0.1, 0.15) is 0 Å². The number of nitrogens with zero attached hydrogens (tertiary/aromatic N) is 1. The third-order valence-corrected chi connectivity index (χ3v) is 3.74. The predicted octanol–water partition coefficient (Wildman–Crippen LogP) is 3.33. The maximum Gasteiger partial charge on any atom is 0.0622 e. The predicted molar refractivity (Wildman–Crippen MR) is 66.2 cm³/mol. The smallest absolute Gasteiger partial charge is 0.0622 e. The minimum atomic E-state index is 0.0730. The minimum Gasteiger partial charge on any atom is -0.379 e. The van der Waals surface area contributed by atoms with Crippen LogP contribution in [-0.4, -0.2) is 13.2 Å². The van der Waals surface area contributed by atoms with Gasteiger partial charge >= 0.3 is 0 Å². The van der Waals surface area contributed by atoms with E-state index in [9.17, 15) is 0 Å². The molecule has 0 spiro atoms. The van der Waals surface area contributed by atoms with Crippen LogP contribution >= 0.6 is 15.9 Å². The molecule has 84 valence electrons. The maximum atomic E-state index is 8.72. The Hall–Kier alpha value is -0.850. The van der Waals surface area contributed by atoms with Gasteiger partial charge in [-0.05, 0) is 36.6 Å². The Labute approximate surface area is 104 Å². The molecule has 0 unspecified atom stereocenters. The van der Waals surface area contributed by atoms with Crippen molar-refractivity contribution >= 4 is 15.9 Å². The lowest BCUT2D eigenvalue weighted by atomic mass is 9.73. The number of nitriles is 1. The molecule has 1 heterocycles. The molecule has 1 aliphatic heterocycles. The Kier molecular flexibility index (Phi) is 3.32. The molecule has 1 aromatic rings. The molecule has 2 nitrogen and oxygen atoms in total. The molecule has 0 saturated carbocycles. The molecule has 0 bridgehead atoms. The second-order valence-electron chi connectivity index (χ2n) is 4.39. The van der Waals surface area contributed by atoms with Gasteiger partial charge in [0.2, 0.25) is 0 Å². The summed E-state index contributed by atoms with van der Waals surface area (Å²) in [4.78, 5) is 0. The van der Waals surface area contributed by atoms with Gasteiger partial charge in [-0.15, -0.1) is 0 Å². The maximum absolute atomic E-state index is 8.72. The van der Waals surface area contributed by atoms with Gasteiger partial charge in [-0.3, -0.25) is 0 Å². The summed E-state index contributed by atoms with van der Waals surface area (Å²) in [5, 5.41) is 8.72. The van der Waals surface area contributed by atoms with Crippen LogP contribution in [0.1, 0.15) is 24.0 Å². The molecule has 0 atom stereocenters. The van der Waals surface area contributed by atoms with Crippen molar-refractivity contribution in [1.82, 2.24) is 0 Å². The van der Waals surface area contributed by atoms with Gasteiger partial charge in [-0.1, -0.05) is 22.0 Å². The standard InChI is InChI=1S/C13H14BrNO/c1-10-3-4-11(14)7-12(10)13(5-2-6-15)8-16-9-13/h3-4,7H,2,5,8-9H2,1H3. The monoisotopic (exact) mass is 279 g/mol. The zero-order valence-electron chi connectivity index (χ0n) is 9.29. The molecule has 1 saturated heterocycles. The fraction of sp³-hybridized carbons (Fsp3) is 0.462. The van der Waals surface area contributed by atoms with Crippen LogP contribution < -0.4 is 0 Å². The molecule has 3 heteroatoms. The van der Waals surface area contributed by atoms with E-state index in [2.05, 4.69) is 47.1 Å². The van der Waals surface area contributed by atoms with Gasteiger partial charge < -0.3 is 4.74 Å². The van der Waals surface area contributed by atoms with E-state index >= 15 is 0 Å². The van der Waals surface area contributed by atoms with Crippen LogP contribution in [0.4, 0.5) is 0 Å². The van der Waals surface area contributed by atoms with Crippen molar-refractivity contribution < 1.29 is 4.74 Å². The molecule has 2 rings (SSSR count). The lowest BCUT2D eigenvalue weighted by Gasteiger charge is -2.42. The van der Waals surface area contributed by atoms with Crippen molar-refractivity contribution in [3.05, 3.63) is 33.8 Å². The van der Waals surface area contributed by atoms with Crippen LogP contribution in [0.15, 0.2) is 22.7 Å². The molecule has 0 N–H and O–H groups in total. The molecule has 0 radical (unpaired) electrons. The number of rotatable bonds is 3. The van der Waals surface area contributed by atoms with Gasteiger partial charge in [0.05, 0.1) is 19.3 Å². The minimum absolute atomic E-state index is 0.0730. The summed E-state index contributed by atoms with van der Waals surface area (Å²) >= 11 is 3.50. The van der Waals surface area contributed by atoms with Crippen LogP contribution in [0.3, 0.4) is 0 Å². The summed E-state index contributed by atoms with van der Waals surface area (Å²) < 4.78 is 6.45. The second kappa shape index (κ2) is 4.57. The highest BCUT2D eigenvalue weighted by atomic mass is 79.9. The molecule has 0 aromatic heterocycles. The Bertz CT molecular complexity index is 432. The van der Waals surface area contributed by atoms with E-state index in [1.807, 2.05) is 0 Å². The van der Waals surface area contributed by atoms with Crippen LogP contribution in [0.5, 0.6) is 0 Å².